The lowest BCUT2D eigenvalue weighted by molar-refractivity contribution is -0.113. The average Bonchev–Trinajstić information content (AvgIpc) is 3.40. The monoisotopic (exact) mass is 515 g/mol. The lowest BCUT2D eigenvalue weighted by atomic mass is 9.94. The Morgan fingerprint density at radius 1 is 1.03 bits per heavy atom. The molecule has 0 saturated carbocycles. The minimum Gasteiger partial charge on any atom is -0.495 e. The maximum Gasteiger partial charge on any atom is 0.255 e. The third kappa shape index (κ3) is 4.88. The minimum atomic E-state index is -0.594. The first-order valence-electron chi connectivity index (χ1n) is 11.9. The molecular formula is C28H26FN5O4. The van der Waals surface area contributed by atoms with Crippen LogP contribution in [0.1, 0.15) is 24.1 Å². The van der Waals surface area contributed by atoms with E-state index in [1.165, 1.54) is 18.5 Å². The Labute approximate surface area is 218 Å². The highest BCUT2D eigenvalue weighted by Gasteiger charge is 2.34. The van der Waals surface area contributed by atoms with E-state index < -0.39 is 6.04 Å². The molecule has 2 N–H and O–H groups in total. The Morgan fingerprint density at radius 3 is 2.55 bits per heavy atom. The molecule has 10 heteroatoms. The molecule has 0 bridgehead atoms. The number of amides is 1. The van der Waals surface area contributed by atoms with E-state index >= 15 is 0 Å². The third-order valence-electron chi connectivity index (χ3n) is 6.21. The number of carbonyl (C=O) groups is 1. The van der Waals surface area contributed by atoms with E-state index in [1.807, 2.05) is 31.2 Å². The summed E-state index contributed by atoms with van der Waals surface area (Å²) in [7, 11) is 3.09. The molecule has 9 nitrogen and oxygen atoms in total. The van der Waals surface area contributed by atoms with Crippen LogP contribution in [0, 0.1) is 5.82 Å². The highest BCUT2D eigenvalue weighted by Crippen LogP contribution is 2.39. The number of fused-ring (bicyclic) bond motifs is 1. The molecule has 5 rings (SSSR count). The third-order valence-corrected chi connectivity index (χ3v) is 6.21. The number of allylic oxidation sites excluding steroid dienone is 1. The van der Waals surface area contributed by atoms with Gasteiger partial charge in [0.25, 0.3) is 5.91 Å². The Morgan fingerprint density at radius 2 is 1.79 bits per heavy atom. The second kappa shape index (κ2) is 10.6. The van der Waals surface area contributed by atoms with Gasteiger partial charge in [0.05, 0.1) is 25.5 Å². The lowest BCUT2D eigenvalue weighted by Gasteiger charge is -2.29. The fraction of sp³-hybridized carbons (Fsp3) is 0.179. The van der Waals surface area contributed by atoms with Crippen LogP contribution < -0.4 is 24.8 Å². The Kier molecular flexibility index (Phi) is 6.94. The van der Waals surface area contributed by atoms with Crippen molar-refractivity contribution in [3.05, 3.63) is 101 Å². The molecule has 194 valence electrons. The number of carbonyl (C=O) groups excluding carboxylic acids is 1. The zero-order valence-electron chi connectivity index (χ0n) is 21.1. The molecule has 1 unspecified atom stereocenters. The maximum absolute atomic E-state index is 13.7. The molecular weight excluding hydrogens is 489 g/mol. The smallest absolute Gasteiger partial charge is 0.255 e. The van der Waals surface area contributed by atoms with Crippen molar-refractivity contribution in [2.45, 2.75) is 19.6 Å². The summed E-state index contributed by atoms with van der Waals surface area (Å²) >= 11 is 0. The fourth-order valence-electron chi connectivity index (χ4n) is 4.35. The summed E-state index contributed by atoms with van der Waals surface area (Å²) in [5, 5.41) is 10.5. The van der Waals surface area contributed by atoms with E-state index in [0.29, 0.717) is 40.2 Å². The van der Waals surface area contributed by atoms with Gasteiger partial charge >= 0.3 is 0 Å². The summed E-state index contributed by atoms with van der Waals surface area (Å²) in [6, 6.07) is 18.2. The lowest BCUT2D eigenvalue weighted by Crippen LogP contribution is -2.31. The first-order chi connectivity index (χ1) is 18.5. The zero-order valence-corrected chi connectivity index (χ0v) is 21.1. The first kappa shape index (κ1) is 24.8. The van der Waals surface area contributed by atoms with Crippen molar-refractivity contribution in [3.63, 3.8) is 0 Å². The SMILES string of the molecule is COc1ccccc1NC(=O)C1=C(C)Nc2ncnn2C1c1ccc(OCc2ccc(F)cc2)c(OC)c1. The number of aromatic nitrogens is 3. The number of nitrogens with zero attached hydrogens (tertiary/aromatic N) is 3. The van der Waals surface area contributed by atoms with Gasteiger partial charge in [-0.2, -0.15) is 10.1 Å². The van der Waals surface area contributed by atoms with Crippen molar-refractivity contribution in [1.29, 1.82) is 0 Å². The van der Waals surface area contributed by atoms with Crippen molar-refractivity contribution >= 4 is 17.5 Å². The van der Waals surface area contributed by atoms with E-state index in [-0.39, 0.29) is 18.3 Å². The van der Waals surface area contributed by atoms with Gasteiger partial charge in [0, 0.05) is 5.70 Å². The number of anilines is 2. The summed E-state index contributed by atoms with van der Waals surface area (Å²) in [4.78, 5) is 17.9. The van der Waals surface area contributed by atoms with Crippen molar-refractivity contribution in [2.24, 2.45) is 0 Å². The molecule has 0 radical (unpaired) electrons. The molecule has 0 aliphatic carbocycles. The Bertz CT molecular complexity index is 1500. The Balaban J connectivity index is 1.47. The highest BCUT2D eigenvalue weighted by atomic mass is 19.1. The summed E-state index contributed by atoms with van der Waals surface area (Å²) in [6.45, 7) is 2.06. The number of hydrogen-bond donors (Lipinski definition) is 2. The van der Waals surface area contributed by atoms with Gasteiger partial charge in [-0.05, 0) is 54.4 Å². The number of nitrogens with one attached hydrogen (secondary N) is 2. The summed E-state index contributed by atoms with van der Waals surface area (Å²) in [5.74, 6) is 1.42. The van der Waals surface area contributed by atoms with Crippen molar-refractivity contribution in [1.82, 2.24) is 14.8 Å². The summed E-state index contributed by atoms with van der Waals surface area (Å²) in [5.41, 5.74) is 3.20. The van der Waals surface area contributed by atoms with Crippen molar-refractivity contribution in [2.75, 3.05) is 24.9 Å². The topological polar surface area (TPSA) is 99.5 Å². The van der Waals surface area contributed by atoms with Crippen LogP contribution in [0.2, 0.25) is 0 Å². The number of hydrogen-bond acceptors (Lipinski definition) is 7. The van der Waals surface area contributed by atoms with Crippen LogP contribution in [0.4, 0.5) is 16.0 Å². The highest BCUT2D eigenvalue weighted by molar-refractivity contribution is 6.06. The van der Waals surface area contributed by atoms with Crippen LogP contribution in [-0.4, -0.2) is 34.9 Å². The van der Waals surface area contributed by atoms with E-state index in [4.69, 9.17) is 14.2 Å². The molecule has 1 aliphatic heterocycles. The second-order valence-electron chi connectivity index (χ2n) is 8.57. The van der Waals surface area contributed by atoms with Gasteiger partial charge in [0.2, 0.25) is 5.95 Å². The van der Waals surface area contributed by atoms with Gasteiger partial charge in [0.1, 0.15) is 30.5 Å². The molecule has 2 heterocycles. The zero-order chi connectivity index (χ0) is 26.6. The standard InChI is InChI=1S/C28H26FN5O4/c1-17-25(27(35)33-21-6-4-5-7-22(21)36-2)26(34-28(32-17)30-16-31-34)19-10-13-23(24(14-19)37-3)38-15-18-8-11-20(29)12-9-18/h4-14,16,26H,15H2,1-3H3,(H,33,35)(H,30,31,32). The number of rotatable bonds is 8. The van der Waals surface area contributed by atoms with Crippen molar-refractivity contribution < 1.29 is 23.4 Å². The minimum absolute atomic E-state index is 0.238. The summed E-state index contributed by atoms with van der Waals surface area (Å²) in [6.07, 6.45) is 1.43. The number of methoxy groups -OCH3 is 2. The molecule has 1 amide bonds. The first-order valence-corrected chi connectivity index (χ1v) is 11.9. The van der Waals surface area contributed by atoms with Crippen LogP contribution in [0.15, 0.2) is 84.3 Å². The van der Waals surface area contributed by atoms with Gasteiger partial charge in [-0.25, -0.2) is 9.07 Å². The number of benzene rings is 3. The van der Waals surface area contributed by atoms with Gasteiger partial charge in [-0.15, -0.1) is 0 Å². The second-order valence-corrected chi connectivity index (χ2v) is 8.57. The van der Waals surface area contributed by atoms with Gasteiger partial charge in [-0.1, -0.05) is 30.3 Å². The molecule has 1 aliphatic rings. The predicted molar refractivity (Wildman–Crippen MR) is 140 cm³/mol. The average molecular weight is 516 g/mol. The van der Waals surface area contributed by atoms with Crippen LogP contribution in [0.3, 0.4) is 0 Å². The molecule has 0 spiro atoms. The van der Waals surface area contributed by atoms with Gasteiger partial charge in [-0.3, -0.25) is 4.79 Å². The normalized spacial score (nSPS) is 14.4. The molecule has 4 aromatic rings. The number of ether oxygens (including phenoxy) is 3. The van der Waals surface area contributed by atoms with E-state index in [0.717, 1.165) is 11.1 Å². The fourth-order valence-corrected chi connectivity index (χ4v) is 4.35. The molecule has 38 heavy (non-hydrogen) atoms. The molecule has 0 saturated heterocycles. The molecule has 1 atom stereocenters. The van der Waals surface area contributed by atoms with Gasteiger partial charge < -0.3 is 24.8 Å². The van der Waals surface area contributed by atoms with Crippen molar-refractivity contribution in [3.8, 4) is 17.2 Å². The van der Waals surface area contributed by atoms with Crippen LogP contribution in [0.5, 0.6) is 17.2 Å². The van der Waals surface area contributed by atoms with E-state index in [9.17, 15) is 9.18 Å². The number of halogens is 1. The van der Waals surface area contributed by atoms with E-state index in [1.54, 1.807) is 49.2 Å². The maximum atomic E-state index is 13.7. The Hall–Kier alpha value is -4.86. The molecule has 0 fully saturated rings. The molecule has 3 aromatic carbocycles. The van der Waals surface area contributed by atoms with Crippen LogP contribution in [-0.2, 0) is 11.4 Å². The molecule has 1 aromatic heterocycles. The quantitative estimate of drug-likeness (QED) is 0.343. The van der Waals surface area contributed by atoms with Crippen LogP contribution in [0.25, 0.3) is 0 Å². The largest absolute Gasteiger partial charge is 0.495 e. The predicted octanol–water partition coefficient (Wildman–Crippen LogP) is 4.94. The summed E-state index contributed by atoms with van der Waals surface area (Å²) < 4.78 is 31.9. The number of para-hydroxylation sites is 2. The van der Waals surface area contributed by atoms with Gasteiger partial charge in [0.15, 0.2) is 11.5 Å². The van der Waals surface area contributed by atoms with Crippen LogP contribution >= 0.6 is 0 Å². The van der Waals surface area contributed by atoms with E-state index in [2.05, 4.69) is 20.7 Å².